The van der Waals surface area contributed by atoms with Crippen molar-refractivity contribution in [3.05, 3.63) is 101 Å². The minimum Gasteiger partial charge on any atom is -0.478 e. The van der Waals surface area contributed by atoms with Crippen molar-refractivity contribution >= 4 is 23.3 Å². The number of anilines is 1. The number of para-hydroxylation sites is 1. The summed E-state index contributed by atoms with van der Waals surface area (Å²) in [5.41, 5.74) is 3.38. The van der Waals surface area contributed by atoms with Crippen molar-refractivity contribution < 1.29 is 23.9 Å². The highest BCUT2D eigenvalue weighted by Crippen LogP contribution is 2.41. The number of rotatable bonds is 6. The van der Waals surface area contributed by atoms with Crippen molar-refractivity contribution in [3.63, 3.8) is 0 Å². The Morgan fingerprint density at radius 3 is 2.44 bits per heavy atom. The highest BCUT2D eigenvalue weighted by atomic mass is 19.1. The van der Waals surface area contributed by atoms with Gasteiger partial charge in [0.2, 0.25) is 11.7 Å². The second-order valence-electron chi connectivity index (χ2n) is 8.20. The number of aromatic nitrogens is 2. The average molecular weight is 480 g/mol. The molecule has 1 atom stereocenters. The molecule has 176 valence electrons. The smallest absolute Gasteiger partial charge is 0.335 e. The molecule has 0 aliphatic heterocycles. The molecule has 0 radical (unpaired) electrons. The first-order chi connectivity index (χ1) is 17.4. The fourth-order valence-electron chi connectivity index (χ4n) is 4.24. The molecule has 1 heterocycles. The van der Waals surface area contributed by atoms with E-state index in [4.69, 9.17) is 0 Å². The first-order valence-electron chi connectivity index (χ1n) is 10.9. The monoisotopic (exact) mass is 480 g/mol. The van der Waals surface area contributed by atoms with E-state index in [2.05, 4.69) is 10.4 Å². The summed E-state index contributed by atoms with van der Waals surface area (Å²) < 4.78 is 14.7. The number of benzene rings is 3. The van der Waals surface area contributed by atoms with E-state index in [0.717, 1.165) is 17.7 Å². The molecule has 36 heavy (non-hydrogen) atoms. The van der Waals surface area contributed by atoms with Crippen LogP contribution in [0.25, 0.3) is 16.9 Å². The third-order valence-corrected chi connectivity index (χ3v) is 5.96. The second-order valence-corrected chi connectivity index (χ2v) is 8.20. The number of nitrogens with one attached hydrogen (secondary N) is 1. The lowest BCUT2D eigenvalue weighted by Crippen LogP contribution is -2.29. The number of carbonyl (C=O) groups is 3. The minimum absolute atomic E-state index is 0.0391. The number of nitrogens with zero attached hydrogens (tertiary/aromatic N) is 3. The largest absolute Gasteiger partial charge is 0.478 e. The Hall–Kier alpha value is -5.10. The SMILES string of the molecule is N#CC(C(=O)Nc1ccc(F)cc1)C(=O)c1nn(-c2ccccc2)c2c1Cc1ccc(C(=O)O)cc1-2. The fourth-order valence-corrected chi connectivity index (χ4v) is 4.24. The van der Waals surface area contributed by atoms with Gasteiger partial charge in [-0.3, -0.25) is 9.59 Å². The van der Waals surface area contributed by atoms with E-state index in [-0.39, 0.29) is 23.4 Å². The molecule has 0 spiro atoms. The molecule has 4 aromatic rings. The Morgan fingerprint density at radius 2 is 1.78 bits per heavy atom. The molecule has 0 bridgehead atoms. The summed E-state index contributed by atoms with van der Waals surface area (Å²) in [6, 6.07) is 20.4. The number of ketones is 1. The molecule has 0 saturated carbocycles. The Kier molecular flexibility index (Phi) is 5.62. The van der Waals surface area contributed by atoms with Crippen LogP contribution in [-0.2, 0) is 11.2 Å². The summed E-state index contributed by atoms with van der Waals surface area (Å²) >= 11 is 0. The summed E-state index contributed by atoms with van der Waals surface area (Å²) in [5.74, 6) is -4.92. The molecule has 1 aromatic heterocycles. The molecule has 1 unspecified atom stereocenters. The number of hydrogen-bond donors (Lipinski definition) is 2. The Morgan fingerprint density at radius 1 is 1.06 bits per heavy atom. The number of aromatic carboxylic acids is 1. The number of hydrogen-bond acceptors (Lipinski definition) is 5. The Bertz CT molecular complexity index is 1570. The van der Waals surface area contributed by atoms with E-state index < -0.39 is 29.4 Å². The zero-order chi connectivity index (χ0) is 25.4. The number of nitriles is 1. The molecule has 3 aromatic carbocycles. The van der Waals surface area contributed by atoms with E-state index in [9.17, 15) is 29.1 Å². The maximum atomic E-state index is 13.5. The predicted molar refractivity (Wildman–Crippen MR) is 127 cm³/mol. The highest BCUT2D eigenvalue weighted by molar-refractivity contribution is 6.16. The van der Waals surface area contributed by atoms with Crippen LogP contribution in [0.4, 0.5) is 10.1 Å². The standard InChI is InChI=1S/C27H17FN4O4/c28-17-8-10-18(11-9-17)30-26(34)22(14-29)25(33)23-21-12-15-6-7-16(27(35)36)13-20(15)24(21)32(31-23)19-4-2-1-3-5-19/h1-11,13,22H,12H2,(H,30,34)(H,35,36). The third kappa shape index (κ3) is 3.91. The summed E-state index contributed by atoms with van der Waals surface area (Å²) in [7, 11) is 0. The summed E-state index contributed by atoms with van der Waals surface area (Å²) in [5, 5.41) is 26.1. The molecular formula is C27H17FN4O4. The molecule has 0 saturated heterocycles. The first kappa shape index (κ1) is 22.7. The van der Waals surface area contributed by atoms with Crippen LogP contribution in [-0.4, -0.2) is 32.5 Å². The second kappa shape index (κ2) is 8.92. The van der Waals surface area contributed by atoms with E-state index >= 15 is 0 Å². The van der Waals surface area contributed by atoms with Crippen molar-refractivity contribution in [2.24, 2.45) is 5.92 Å². The lowest BCUT2D eigenvalue weighted by atomic mass is 9.98. The fraction of sp³-hybridized carbons (Fsp3) is 0.0741. The van der Waals surface area contributed by atoms with Crippen LogP contribution in [0.3, 0.4) is 0 Å². The lowest BCUT2D eigenvalue weighted by Gasteiger charge is -2.10. The Labute approximate surface area is 204 Å². The number of fused-ring (bicyclic) bond motifs is 3. The van der Waals surface area contributed by atoms with Gasteiger partial charge < -0.3 is 10.4 Å². The van der Waals surface area contributed by atoms with Gasteiger partial charge in [-0.25, -0.2) is 13.9 Å². The van der Waals surface area contributed by atoms with Gasteiger partial charge in [0.1, 0.15) is 11.5 Å². The number of Topliss-reactive ketones (excluding diaryl/α,β-unsaturated/α-hetero) is 1. The van der Waals surface area contributed by atoms with Crippen LogP contribution in [0.1, 0.15) is 32.0 Å². The molecule has 9 heteroatoms. The third-order valence-electron chi connectivity index (χ3n) is 5.96. The van der Waals surface area contributed by atoms with Crippen molar-refractivity contribution in [2.45, 2.75) is 6.42 Å². The van der Waals surface area contributed by atoms with Gasteiger partial charge in [-0.15, -0.1) is 0 Å². The van der Waals surface area contributed by atoms with E-state index in [1.54, 1.807) is 36.4 Å². The van der Waals surface area contributed by atoms with Gasteiger partial charge in [-0.2, -0.15) is 10.4 Å². The summed E-state index contributed by atoms with van der Waals surface area (Å²) in [6.45, 7) is 0. The number of carbonyl (C=O) groups excluding carboxylic acids is 2. The van der Waals surface area contributed by atoms with Crippen LogP contribution in [0.5, 0.6) is 0 Å². The summed E-state index contributed by atoms with van der Waals surface area (Å²) in [4.78, 5) is 37.9. The Balaban J connectivity index is 1.58. The predicted octanol–water partition coefficient (Wildman–Crippen LogP) is 4.24. The van der Waals surface area contributed by atoms with Crippen LogP contribution in [0.2, 0.25) is 0 Å². The van der Waals surface area contributed by atoms with Gasteiger partial charge in [-0.05, 0) is 54.1 Å². The van der Waals surface area contributed by atoms with Gasteiger partial charge in [0.25, 0.3) is 0 Å². The zero-order valence-electron chi connectivity index (χ0n) is 18.6. The molecule has 1 amide bonds. The minimum atomic E-state index is -1.70. The van der Waals surface area contributed by atoms with Gasteiger partial charge in [0.15, 0.2) is 5.92 Å². The van der Waals surface area contributed by atoms with Crippen LogP contribution in [0, 0.1) is 23.1 Å². The maximum Gasteiger partial charge on any atom is 0.335 e. The normalized spacial score (nSPS) is 12.2. The topological polar surface area (TPSA) is 125 Å². The molecule has 8 nitrogen and oxygen atoms in total. The van der Waals surface area contributed by atoms with E-state index in [0.29, 0.717) is 22.5 Å². The van der Waals surface area contributed by atoms with Crippen molar-refractivity contribution in [1.29, 1.82) is 5.26 Å². The lowest BCUT2D eigenvalue weighted by molar-refractivity contribution is -0.117. The number of carboxylic acids is 1. The molecule has 0 fully saturated rings. The average Bonchev–Trinajstić information content (AvgIpc) is 3.43. The summed E-state index contributed by atoms with van der Waals surface area (Å²) in [6.07, 6.45) is 0.288. The quantitative estimate of drug-likeness (QED) is 0.277. The molecule has 5 rings (SSSR count). The van der Waals surface area contributed by atoms with Gasteiger partial charge in [-0.1, -0.05) is 24.3 Å². The van der Waals surface area contributed by atoms with Gasteiger partial charge in [0, 0.05) is 23.2 Å². The van der Waals surface area contributed by atoms with Crippen LogP contribution >= 0.6 is 0 Å². The number of carboxylic acid groups (broad SMARTS) is 1. The van der Waals surface area contributed by atoms with Gasteiger partial charge in [0.05, 0.1) is 23.0 Å². The maximum absolute atomic E-state index is 13.5. The number of halogens is 1. The van der Waals surface area contributed by atoms with E-state index in [1.165, 1.54) is 28.9 Å². The van der Waals surface area contributed by atoms with Crippen LogP contribution in [0.15, 0.2) is 72.8 Å². The molecule has 1 aliphatic carbocycles. The van der Waals surface area contributed by atoms with Crippen molar-refractivity contribution in [3.8, 4) is 23.0 Å². The molecular weight excluding hydrogens is 463 g/mol. The van der Waals surface area contributed by atoms with Crippen LogP contribution < -0.4 is 5.32 Å². The van der Waals surface area contributed by atoms with Gasteiger partial charge >= 0.3 is 5.97 Å². The highest BCUT2D eigenvalue weighted by Gasteiger charge is 2.36. The van der Waals surface area contributed by atoms with E-state index in [1.807, 2.05) is 6.07 Å². The van der Waals surface area contributed by atoms with Crippen molar-refractivity contribution in [1.82, 2.24) is 9.78 Å². The number of amides is 1. The first-order valence-corrected chi connectivity index (χ1v) is 10.9. The van der Waals surface area contributed by atoms with Crippen molar-refractivity contribution in [2.75, 3.05) is 5.32 Å². The molecule has 1 aliphatic rings. The zero-order valence-corrected chi connectivity index (χ0v) is 18.6. The molecule has 2 N–H and O–H groups in total.